The minimum atomic E-state index is -4.59. The zero-order valence-corrected chi connectivity index (χ0v) is 19.2. The minimum Gasteiger partial charge on any atom is -0.369 e. The number of H-pyrrole nitrogens is 1. The fourth-order valence-electron chi connectivity index (χ4n) is 3.58. The summed E-state index contributed by atoms with van der Waals surface area (Å²) in [5, 5.41) is 18.0. The van der Waals surface area contributed by atoms with Crippen molar-refractivity contribution in [2.24, 2.45) is 17.9 Å². The third-order valence-corrected chi connectivity index (χ3v) is 8.71. The number of aromatic amines is 1. The number of para-hydroxylation sites is 1. The lowest BCUT2D eigenvalue weighted by Gasteiger charge is -2.18. The van der Waals surface area contributed by atoms with Gasteiger partial charge >= 0.3 is 0 Å². The van der Waals surface area contributed by atoms with Gasteiger partial charge in [0, 0.05) is 19.2 Å². The van der Waals surface area contributed by atoms with Crippen molar-refractivity contribution in [2.75, 3.05) is 12.3 Å². The van der Waals surface area contributed by atoms with E-state index in [1.165, 1.54) is 19.1 Å². The Bertz CT molecular complexity index is 1580. The summed E-state index contributed by atoms with van der Waals surface area (Å²) in [4.78, 5) is 3.23. The van der Waals surface area contributed by atoms with Crippen LogP contribution in [0.2, 0.25) is 0 Å². The average Bonchev–Trinajstić information content (AvgIpc) is 3.40. The molecule has 0 aliphatic rings. The van der Waals surface area contributed by atoms with Crippen LogP contribution in [-0.2, 0) is 26.9 Å². The second-order valence-electron chi connectivity index (χ2n) is 7.39. The lowest BCUT2D eigenvalue weighted by atomic mass is 9.98. The lowest BCUT2D eigenvalue weighted by molar-refractivity contribution is 0.575. The number of nitrogens with two attached hydrogens (primary N) is 3. The highest BCUT2D eigenvalue weighted by atomic mass is 32.2. The molecule has 4 rings (SSSR count). The lowest BCUT2D eigenvalue weighted by Crippen LogP contribution is -2.29. The molecule has 4 aromatic rings. The zero-order chi connectivity index (χ0) is 24.1. The smallest absolute Gasteiger partial charge is 0.240 e. The largest absolute Gasteiger partial charge is 0.369 e. The van der Waals surface area contributed by atoms with Crippen LogP contribution < -0.4 is 16.6 Å². The molecule has 1 unspecified atom stereocenters. The Kier molecular flexibility index (Phi) is 5.44. The van der Waals surface area contributed by atoms with Crippen molar-refractivity contribution in [2.45, 2.75) is 22.0 Å². The van der Waals surface area contributed by atoms with Gasteiger partial charge in [-0.15, -0.1) is 10.2 Å². The predicted molar refractivity (Wildman–Crippen MR) is 121 cm³/mol. The summed E-state index contributed by atoms with van der Waals surface area (Å²) in [6.07, 6.45) is 0. The molecule has 174 valence electrons. The van der Waals surface area contributed by atoms with Crippen molar-refractivity contribution < 1.29 is 16.8 Å². The Morgan fingerprint density at radius 2 is 1.85 bits per heavy atom. The third kappa shape index (κ3) is 3.64. The highest BCUT2D eigenvalue weighted by molar-refractivity contribution is 7.94. The quantitative estimate of drug-likeness (QED) is 0.277. The summed E-state index contributed by atoms with van der Waals surface area (Å²) >= 11 is 0. The maximum atomic E-state index is 13.2. The van der Waals surface area contributed by atoms with Crippen LogP contribution in [0.5, 0.6) is 0 Å². The van der Waals surface area contributed by atoms with Gasteiger partial charge in [0.15, 0.2) is 9.84 Å². The molecule has 0 radical (unpaired) electrons. The SMILES string of the molecule is CC(CN)S(=O)(=O)c1ccc(-c2cccc3c2nc(N)n3C)c(-c2nn[nH]n2)c1S(N)(=O)=O. The number of rotatable bonds is 6. The predicted octanol–water partition coefficient (Wildman–Crippen LogP) is -0.229. The van der Waals surface area contributed by atoms with E-state index in [2.05, 4.69) is 25.6 Å². The van der Waals surface area contributed by atoms with E-state index in [-0.39, 0.29) is 29.4 Å². The molecule has 0 saturated heterocycles. The van der Waals surface area contributed by atoms with Crippen molar-refractivity contribution in [3.05, 3.63) is 30.3 Å². The molecule has 15 heteroatoms. The molecule has 7 N–H and O–H groups in total. The Hall–Kier alpha value is -3.40. The number of aryl methyl sites for hydroxylation is 1. The first-order chi connectivity index (χ1) is 15.5. The number of hydrogen-bond acceptors (Lipinski definition) is 10. The number of hydrogen-bond donors (Lipinski definition) is 4. The number of sulfonamides is 1. The number of primary sulfonamides is 1. The molecule has 1 atom stereocenters. The number of nitrogen functional groups attached to an aromatic ring is 1. The fraction of sp³-hybridized carbons (Fsp3) is 0.222. The van der Waals surface area contributed by atoms with Crippen LogP contribution in [0.25, 0.3) is 33.5 Å². The Labute approximate surface area is 189 Å². The molecule has 2 heterocycles. The van der Waals surface area contributed by atoms with E-state index in [9.17, 15) is 16.8 Å². The van der Waals surface area contributed by atoms with E-state index >= 15 is 0 Å². The van der Waals surface area contributed by atoms with Crippen LogP contribution >= 0.6 is 0 Å². The van der Waals surface area contributed by atoms with Crippen molar-refractivity contribution in [1.82, 2.24) is 30.2 Å². The minimum absolute atomic E-state index is 0.131. The number of imidazole rings is 1. The summed E-state index contributed by atoms with van der Waals surface area (Å²) in [6.45, 7) is 1.15. The standard InChI is InChI=1S/C18H21N9O4S2/c1-9(8-19)32(28,29)13-7-6-10(11-4-3-5-12-15(11)22-18(20)27(12)2)14(16(13)33(21,30)31)17-23-25-26-24-17/h3-7,9H,8,19H2,1-2H3,(H2,20,22)(H2,21,30,31)(H,23,24,25,26). The molecule has 0 aliphatic carbocycles. The van der Waals surface area contributed by atoms with Crippen molar-refractivity contribution >= 4 is 36.8 Å². The molecule has 0 fully saturated rings. The van der Waals surface area contributed by atoms with Crippen molar-refractivity contribution in [1.29, 1.82) is 0 Å². The molecule has 0 bridgehead atoms. The molecular formula is C18H21N9O4S2. The fourth-order valence-corrected chi connectivity index (χ4v) is 6.41. The number of anilines is 1. The van der Waals surface area contributed by atoms with Gasteiger partial charge in [-0.25, -0.2) is 27.0 Å². The molecular weight excluding hydrogens is 470 g/mol. The summed E-state index contributed by atoms with van der Waals surface area (Å²) in [5.74, 6) is 0.0774. The number of tetrazole rings is 1. The number of sulfone groups is 1. The molecule has 33 heavy (non-hydrogen) atoms. The number of fused-ring (bicyclic) bond motifs is 1. The van der Waals surface area contributed by atoms with E-state index in [0.29, 0.717) is 16.6 Å². The first kappa shape index (κ1) is 22.8. The van der Waals surface area contributed by atoms with E-state index in [4.69, 9.17) is 16.6 Å². The van der Waals surface area contributed by atoms with Crippen LogP contribution in [0.4, 0.5) is 5.95 Å². The van der Waals surface area contributed by atoms with Crippen LogP contribution in [0.1, 0.15) is 6.92 Å². The molecule has 0 spiro atoms. The van der Waals surface area contributed by atoms with E-state index < -0.39 is 34.9 Å². The highest BCUT2D eigenvalue weighted by Crippen LogP contribution is 2.41. The van der Waals surface area contributed by atoms with Gasteiger partial charge in [0.05, 0.1) is 26.7 Å². The first-order valence-electron chi connectivity index (χ1n) is 9.57. The molecule has 13 nitrogen and oxygen atoms in total. The van der Waals surface area contributed by atoms with Crippen LogP contribution in [-0.4, -0.2) is 58.8 Å². The first-order valence-corrected chi connectivity index (χ1v) is 12.7. The van der Waals surface area contributed by atoms with E-state index in [1.54, 1.807) is 29.8 Å². The van der Waals surface area contributed by atoms with Gasteiger partial charge in [0.2, 0.25) is 21.8 Å². The van der Waals surface area contributed by atoms with E-state index in [1.807, 2.05) is 0 Å². The van der Waals surface area contributed by atoms with Crippen LogP contribution in [0.3, 0.4) is 0 Å². The van der Waals surface area contributed by atoms with Crippen molar-refractivity contribution in [3.8, 4) is 22.5 Å². The average molecular weight is 492 g/mol. The monoisotopic (exact) mass is 491 g/mol. The molecule has 0 aliphatic heterocycles. The second-order valence-corrected chi connectivity index (χ2v) is 11.2. The second kappa shape index (κ2) is 7.87. The van der Waals surface area contributed by atoms with Gasteiger partial charge in [-0.1, -0.05) is 18.2 Å². The molecule has 0 saturated carbocycles. The van der Waals surface area contributed by atoms with E-state index in [0.717, 1.165) is 0 Å². The van der Waals surface area contributed by atoms with Crippen LogP contribution in [0, 0.1) is 0 Å². The Morgan fingerprint density at radius 3 is 2.45 bits per heavy atom. The summed E-state index contributed by atoms with van der Waals surface area (Å²) in [6, 6.07) is 7.85. The van der Waals surface area contributed by atoms with Gasteiger partial charge in [-0.2, -0.15) is 5.21 Å². The number of benzene rings is 2. The summed E-state index contributed by atoms with van der Waals surface area (Å²) < 4.78 is 53.6. The van der Waals surface area contributed by atoms with Gasteiger partial charge < -0.3 is 16.0 Å². The number of nitrogens with zero attached hydrogens (tertiary/aromatic N) is 5. The summed E-state index contributed by atoms with van der Waals surface area (Å²) in [5.41, 5.74) is 13.3. The van der Waals surface area contributed by atoms with Gasteiger partial charge in [0.1, 0.15) is 4.90 Å². The number of aromatic nitrogens is 6. The maximum absolute atomic E-state index is 13.2. The Balaban J connectivity index is 2.20. The Morgan fingerprint density at radius 1 is 1.12 bits per heavy atom. The van der Waals surface area contributed by atoms with Crippen LogP contribution in [0.15, 0.2) is 40.1 Å². The molecule has 2 aromatic carbocycles. The zero-order valence-electron chi connectivity index (χ0n) is 17.6. The molecule has 0 amide bonds. The highest BCUT2D eigenvalue weighted by Gasteiger charge is 2.34. The maximum Gasteiger partial charge on any atom is 0.240 e. The van der Waals surface area contributed by atoms with Gasteiger partial charge in [0.25, 0.3) is 0 Å². The van der Waals surface area contributed by atoms with Gasteiger partial charge in [-0.3, -0.25) is 0 Å². The van der Waals surface area contributed by atoms with Gasteiger partial charge in [-0.05, 0) is 29.8 Å². The van der Waals surface area contributed by atoms with Crippen molar-refractivity contribution in [3.63, 3.8) is 0 Å². The summed E-state index contributed by atoms with van der Waals surface area (Å²) in [7, 11) is -7.03. The molecule has 2 aromatic heterocycles. The topological polar surface area (TPSA) is 219 Å². The normalized spacial score (nSPS) is 13.5. The number of nitrogens with one attached hydrogen (secondary N) is 1. The third-order valence-electron chi connectivity index (χ3n) is 5.38.